The molecule has 0 spiro atoms. The molecule has 0 unspecified atom stereocenters. The van der Waals surface area contributed by atoms with Gasteiger partial charge in [-0.3, -0.25) is 0 Å². The Morgan fingerprint density at radius 1 is 0.333 bits per heavy atom. The summed E-state index contributed by atoms with van der Waals surface area (Å²) in [6.07, 6.45) is 0. The van der Waals surface area contributed by atoms with E-state index in [1.807, 2.05) is 0 Å². The first-order chi connectivity index (χ1) is 33.2. The Kier molecular flexibility index (Phi) is 2.13. The second kappa shape index (κ2) is 9.29. The fourth-order valence-corrected chi connectivity index (χ4v) is 5.70. The smallest absolute Gasteiger partial charge is 0.135 e. The molecule has 10 rings (SSSR count). The lowest BCUT2D eigenvalue weighted by atomic mass is 9.86. The van der Waals surface area contributed by atoms with Crippen LogP contribution in [0.25, 0.3) is 87.6 Å². The normalized spacial score (nSPS) is 20.3. The Morgan fingerprint density at radius 2 is 0.867 bits per heavy atom. The second-order valence-corrected chi connectivity index (χ2v) is 10.0. The molecule has 0 N–H and O–H groups in total. The third-order valence-corrected chi connectivity index (χ3v) is 7.64. The zero-order valence-electron chi connectivity index (χ0n) is 48.4. The van der Waals surface area contributed by atoms with Gasteiger partial charge >= 0.3 is 0 Å². The highest BCUT2D eigenvalue weighted by Gasteiger charge is 2.21. The van der Waals surface area contributed by atoms with Crippen molar-refractivity contribution < 1.29 is 40.4 Å². The summed E-state index contributed by atoms with van der Waals surface area (Å²) >= 11 is 0. The predicted molar refractivity (Wildman–Crippen MR) is 189 cm³/mol. The van der Waals surface area contributed by atoms with Crippen molar-refractivity contribution in [1.82, 2.24) is 0 Å². The number of hydrogen-bond donors (Lipinski definition) is 0. The van der Waals surface area contributed by atoms with Crippen molar-refractivity contribution in [1.29, 1.82) is 0 Å². The summed E-state index contributed by atoms with van der Waals surface area (Å²) in [5.41, 5.74) is -5.11. The lowest BCUT2D eigenvalue weighted by Gasteiger charge is -2.22. The van der Waals surface area contributed by atoms with Gasteiger partial charge in [0, 0.05) is 10.9 Å². The molecular weight excluding hydrogens is 544 g/mol. The topological polar surface area (TPSA) is 9.23 Å². The molecule has 0 fully saturated rings. The maximum absolute atomic E-state index is 9.81. The van der Waals surface area contributed by atoms with Gasteiger partial charge in [0.25, 0.3) is 0 Å². The summed E-state index contributed by atoms with van der Waals surface area (Å²) in [6.45, 7) is 0. The maximum Gasteiger partial charge on any atom is 0.135 e. The first kappa shape index (κ1) is 10.3. The van der Waals surface area contributed by atoms with Crippen LogP contribution in [0.3, 0.4) is 0 Å². The van der Waals surface area contributed by atoms with Gasteiger partial charge in [-0.15, -0.1) is 0 Å². The number of hydrogen-bond acceptors (Lipinski definition) is 1. The van der Waals surface area contributed by atoms with Gasteiger partial charge in [0.2, 0.25) is 0 Å². The molecule has 0 bridgehead atoms. The number of rotatable bonds is 3. The number of fused-ring (bicyclic) bond motifs is 2. The molecule has 0 aliphatic carbocycles. The van der Waals surface area contributed by atoms with Gasteiger partial charge in [-0.05, 0) is 94.8 Å². The van der Waals surface area contributed by atoms with Crippen LogP contribution < -0.4 is 4.74 Å². The second-order valence-electron chi connectivity index (χ2n) is 10.0. The van der Waals surface area contributed by atoms with Gasteiger partial charge in [-0.1, -0.05) is 139 Å². The molecule has 1 heterocycles. The Bertz CT molecular complexity index is 4060. The van der Waals surface area contributed by atoms with E-state index in [0.29, 0.717) is 0 Å². The molecular formula is C44H26O. The molecule has 45 heavy (non-hydrogen) atoms. The van der Waals surface area contributed by atoms with Crippen LogP contribution in [0, 0.1) is 0 Å². The molecule has 1 heteroatoms. The Morgan fingerprint density at radius 3 is 1.60 bits per heavy atom. The van der Waals surface area contributed by atoms with E-state index in [0.717, 1.165) is 0 Å². The first-order valence-corrected chi connectivity index (χ1v) is 13.4. The van der Waals surface area contributed by atoms with Crippen LogP contribution in [0.5, 0.6) is 11.5 Å². The molecule has 0 saturated carbocycles. The molecule has 1 aliphatic rings. The van der Waals surface area contributed by atoms with Crippen LogP contribution in [0.1, 0.15) is 35.6 Å². The average Bonchev–Trinajstić information content (AvgIpc) is 3.33. The van der Waals surface area contributed by atoms with Gasteiger partial charge < -0.3 is 4.74 Å². The number of ether oxygens (including phenoxy) is 1. The van der Waals surface area contributed by atoms with Crippen molar-refractivity contribution in [3.63, 3.8) is 0 Å². The zero-order valence-corrected chi connectivity index (χ0v) is 22.4. The van der Waals surface area contributed by atoms with Gasteiger partial charge in [-0.2, -0.15) is 0 Å². The zero-order chi connectivity index (χ0) is 52.1. The SMILES string of the molecule is [2H]c1c([2H])c([2H])c(-c2c([2H])c([2H])c3c([2H])c([2H])c4c(-c5c([2H])c([2H])c([2H])c(-c6c([2H])c([2H])c7c8c(c([2H])c([2H])c([2H])c68)-c6c([2H])c([2H])c([2H])c([2H])c6O7)c5[2H])c([2H])c([2H])c5c([2H])c([2H])c2c3c54)c([2H])c1[2H]. The van der Waals surface area contributed by atoms with E-state index in [1.54, 1.807) is 0 Å². The largest absolute Gasteiger partial charge is 0.456 e. The fourth-order valence-electron chi connectivity index (χ4n) is 5.70. The molecule has 0 saturated heterocycles. The van der Waals surface area contributed by atoms with Gasteiger partial charge in [-0.25, -0.2) is 0 Å². The molecule has 0 amide bonds. The van der Waals surface area contributed by atoms with Crippen LogP contribution in [0.15, 0.2) is 157 Å². The third kappa shape index (κ3) is 3.56. The van der Waals surface area contributed by atoms with Crippen molar-refractivity contribution in [2.24, 2.45) is 0 Å². The number of benzene rings is 9. The molecule has 9 aromatic carbocycles. The summed E-state index contributed by atoms with van der Waals surface area (Å²) in [5.74, 6) is -1.14. The summed E-state index contributed by atoms with van der Waals surface area (Å²) in [6, 6.07) is -22.3. The van der Waals surface area contributed by atoms with Crippen LogP contribution in [0.4, 0.5) is 0 Å². The Hall–Kier alpha value is -5.92. The van der Waals surface area contributed by atoms with Crippen LogP contribution in [-0.4, -0.2) is 0 Å². The van der Waals surface area contributed by atoms with Crippen molar-refractivity contribution in [2.45, 2.75) is 0 Å². The van der Waals surface area contributed by atoms with E-state index in [-0.39, 0.29) is 0 Å². The van der Waals surface area contributed by atoms with Crippen LogP contribution in [0.2, 0.25) is 0 Å². The van der Waals surface area contributed by atoms with Crippen molar-refractivity contribution in [3.8, 4) is 56.0 Å². The van der Waals surface area contributed by atoms with Crippen molar-refractivity contribution in [2.75, 3.05) is 0 Å². The summed E-state index contributed by atoms with van der Waals surface area (Å²) in [5, 5.41) is -3.89. The Labute approximate surface area is 297 Å². The number of para-hydroxylation sites is 1. The Balaban J connectivity index is 1.42. The van der Waals surface area contributed by atoms with E-state index >= 15 is 0 Å². The predicted octanol–water partition coefficient (Wildman–Crippen LogP) is 12.5. The van der Waals surface area contributed by atoms with Gasteiger partial charge in [0.1, 0.15) is 11.5 Å². The molecule has 0 atom stereocenters. The van der Waals surface area contributed by atoms with Crippen LogP contribution in [-0.2, 0) is 0 Å². The van der Waals surface area contributed by atoms with Crippen molar-refractivity contribution >= 4 is 43.1 Å². The van der Waals surface area contributed by atoms with E-state index in [1.165, 1.54) is 0 Å². The average molecular weight is 597 g/mol. The van der Waals surface area contributed by atoms with Crippen molar-refractivity contribution in [3.05, 3.63) is 157 Å². The highest BCUT2D eigenvalue weighted by atomic mass is 16.5. The molecule has 9 aromatic rings. The molecule has 208 valence electrons. The summed E-state index contributed by atoms with van der Waals surface area (Å²) in [7, 11) is 0. The monoisotopic (exact) mass is 596 g/mol. The van der Waals surface area contributed by atoms with E-state index in [9.17, 15) is 13.7 Å². The fraction of sp³-hybridized carbons (Fsp3) is 0. The molecule has 0 radical (unpaired) electrons. The molecule has 1 nitrogen and oxygen atoms in total. The van der Waals surface area contributed by atoms with Crippen LogP contribution >= 0.6 is 0 Å². The minimum absolute atomic E-state index is 0.391. The maximum atomic E-state index is 9.81. The molecule has 0 aromatic heterocycles. The lowest BCUT2D eigenvalue weighted by Crippen LogP contribution is -1.97. The quantitative estimate of drug-likeness (QED) is 0.184. The van der Waals surface area contributed by atoms with E-state index in [4.69, 9.17) is 26.7 Å². The van der Waals surface area contributed by atoms with Gasteiger partial charge in [0.15, 0.2) is 0 Å². The van der Waals surface area contributed by atoms with Gasteiger partial charge in [0.05, 0.1) is 35.6 Å². The van der Waals surface area contributed by atoms with E-state index < -0.39 is 256 Å². The first-order valence-electron chi connectivity index (χ1n) is 26.4. The highest BCUT2D eigenvalue weighted by Crippen LogP contribution is 2.49. The summed E-state index contributed by atoms with van der Waals surface area (Å²) < 4.78 is 239. The minimum Gasteiger partial charge on any atom is -0.456 e. The standard InChI is InChI=1S/C44H26O/c1-2-8-27(9-3-1)32-20-16-28-19-23-39-33(21-17-29-18-22-38(32)42(28)43(29)39)30-10-6-11-31(26-30)34-24-25-41-44-36(34)13-7-14-37(44)35-12-4-5-15-40(35)45-41/h1-26H/i1D,2D,3D,4D,5D,6D,7D,8D,9D,10D,11D,12D,13D,14D,15D,16D,17D,18D,19D,20D,21D,22D,23D,24D,25D,26D. The molecule has 1 aliphatic heterocycles. The lowest BCUT2D eigenvalue weighted by molar-refractivity contribution is 0.487. The third-order valence-electron chi connectivity index (χ3n) is 7.64. The van der Waals surface area contributed by atoms with E-state index in [2.05, 4.69) is 0 Å². The highest BCUT2D eigenvalue weighted by molar-refractivity contribution is 6.27. The summed E-state index contributed by atoms with van der Waals surface area (Å²) in [4.78, 5) is 0. The minimum atomic E-state index is -1.02.